The highest BCUT2D eigenvalue weighted by Gasteiger charge is 2.52. The molecule has 1 aromatic rings. The molecule has 1 aromatic carbocycles. The van der Waals surface area contributed by atoms with E-state index in [0.717, 1.165) is 18.4 Å². The fourth-order valence-corrected chi connectivity index (χ4v) is 2.48. The van der Waals surface area contributed by atoms with Crippen LogP contribution >= 0.6 is 0 Å². The summed E-state index contributed by atoms with van der Waals surface area (Å²) in [4.78, 5) is 24.4. The quantitative estimate of drug-likeness (QED) is 0.637. The number of esters is 1. The Labute approximate surface area is 124 Å². The lowest BCUT2D eigenvalue weighted by molar-refractivity contribution is -0.146. The highest BCUT2D eigenvalue weighted by atomic mass is 16.5. The summed E-state index contributed by atoms with van der Waals surface area (Å²) < 4.78 is 4.76. The van der Waals surface area contributed by atoms with Crippen LogP contribution in [-0.4, -0.2) is 25.0 Å². The molecule has 114 valence electrons. The van der Waals surface area contributed by atoms with E-state index >= 15 is 0 Å². The zero-order valence-electron chi connectivity index (χ0n) is 12.7. The van der Waals surface area contributed by atoms with Gasteiger partial charge < -0.3 is 15.8 Å². The summed E-state index contributed by atoms with van der Waals surface area (Å²) in [6.07, 6.45) is 1.57. The lowest BCUT2D eigenvalue weighted by Crippen LogP contribution is -2.48. The van der Waals surface area contributed by atoms with E-state index in [0.29, 0.717) is 5.69 Å². The van der Waals surface area contributed by atoms with Crippen LogP contribution in [0.5, 0.6) is 0 Å². The Hall–Kier alpha value is -2.04. The average molecular weight is 290 g/mol. The van der Waals surface area contributed by atoms with Crippen LogP contribution in [0, 0.1) is 5.92 Å². The molecule has 21 heavy (non-hydrogen) atoms. The SMILES string of the molecule is COC(=O)[C@@H](NC(=O)C1(c2ccc(N)cc2)CC1)C(C)C. The number of nitrogens with two attached hydrogens (primary N) is 1. The van der Waals surface area contributed by atoms with E-state index in [-0.39, 0.29) is 11.8 Å². The average Bonchev–Trinajstić information content (AvgIpc) is 3.25. The number of ether oxygens (including phenoxy) is 1. The summed E-state index contributed by atoms with van der Waals surface area (Å²) in [6, 6.07) is 6.73. The Balaban J connectivity index is 2.15. The summed E-state index contributed by atoms with van der Waals surface area (Å²) >= 11 is 0. The van der Waals surface area contributed by atoms with Crippen molar-refractivity contribution >= 4 is 17.6 Å². The zero-order chi connectivity index (χ0) is 15.6. The van der Waals surface area contributed by atoms with Gasteiger partial charge in [0, 0.05) is 5.69 Å². The highest BCUT2D eigenvalue weighted by molar-refractivity contribution is 5.94. The third-order valence-corrected chi connectivity index (χ3v) is 4.06. The van der Waals surface area contributed by atoms with Gasteiger partial charge >= 0.3 is 5.97 Å². The monoisotopic (exact) mass is 290 g/mol. The summed E-state index contributed by atoms with van der Waals surface area (Å²) in [5.74, 6) is -0.550. The van der Waals surface area contributed by atoms with Gasteiger partial charge in [-0.2, -0.15) is 0 Å². The Morgan fingerprint density at radius 1 is 1.24 bits per heavy atom. The second-order valence-corrected chi connectivity index (χ2v) is 5.92. The lowest BCUT2D eigenvalue weighted by atomic mass is 9.93. The number of methoxy groups -OCH3 is 1. The van der Waals surface area contributed by atoms with Gasteiger partial charge in [-0.1, -0.05) is 26.0 Å². The van der Waals surface area contributed by atoms with Gasteiger partial charge in [-0.15, -0.1) is 0 Å². The number of anilines is 1. The molecule has 0 unspecified atom stereocenters. The molecule has 5 heteroatoms. The van der Waals surface area contributed by atoms with Gasteiger partial charge in [0.25, 0.3) is 0 Å². The maximum absolute atomic E-state index is 12.6. The van der Waals surface area contributed by atoms with Crippen molar-refractivity contribution < 1.29 is 14.3 Å². The third kappa shape index (κ3) is 3.01. The van der Waals surface area contributed by atoms with Crippen LogP contribution in [-0.2, 0) is 19.7 Å². The van der Waals surface area contributed by atoms with E-state index in [9.17, 15) is 9.59 Å². The smallest absolute Gasteiger partial charge is 0.328 e. The van der Waals surface area contributed by atoms with Crippen LogP contribution in [0.3, 0.4) is 0 Å². The van der Waals surface area contributed by atoms with Gasteiger partial charge in [-0.3, -0.25) is 4.79 Å². The molecule has 3 N–H and O–H groups in total. The number of nitrogens with one attached hydrogen (secondary N) is 1. The minimum Gasteiger partial charge on any atom is -0.467 e. The van der Waals surface area contributed by atoms with E-state index in [1.807, 2.05) is 26.0 Å². The molecule has 1 atom stereocenters. The number of hydrogen-bond acceptors (Lipinski definition) is 4. The fraction of sp³-hybridized carbons (Fsp3) is 0.500. The number of carbonyl (C=O) groups excluding carboxylic acids is 2. The van der Waals surface area contributed by atoms with Crippen LogP contribution in [0.15, 0.2) is 24.3 Å². The van der Waals surface area contributed by atoms with Gasteiger partial charge in [-0.05, 0) is 36.5 Å². The summed E-state index contributed by atoms with van der Waals surface area (Å²) in [6.45, 7) is 3.76. The predicted molar refractivity (Wildman–Crippen MR) is 80.6 cm³/mol. The van der Waals surface area contributed by atoms with E-state index in [2.05, 4.69) is 5.32 Å². The van der Waals surface area contributed by atoms with Crippen molar-refractivity contribution in [3.05, 3.63) is 29.8 Å². The van der Waals surface area contributed by atoms with Crippen molar-refractivity contribution in [1.29, 1.82) is 0 Å². The van der Waals surface area contributed by atoms with Crippen molar-refractivity contribution in [1.82, 2.24) is 5.32 Å². The van der Waals surface area contributed by atoms with Gasteiger partial charge in [0.05, 0.1) is 12.5 Å². The molecule has 0 radical (unpaired) electrons. The van der Waals surface area contributed by atoms with Crippen LogP contribution in [0.2, 0.25) is 0 Å². The van der Waals surface area contributed by atoms with Crippen molar-refractivity contribution in [2.24, 2.45) is 5.92 Å². The number of amides is 1. The number of benzene rings is 1. The van der Waals surface area contributed by atoms with Crippen LogP contribution in [0.1, 0.15) is 32.3 Å². The van der Waals surface area contributed by atoms with Gasteiger partial charge in [0.15, 0.2) is 0 Å². The first kappa shape index (κ1) is 15.4. The molecule has 2 rings (SSSR count). The Morgan fingerprint density at radius 2 is 1.81 bits per heavy atom. The van der Waals surface area contributed by atoms with Crippen LogP contribution < -0.4 is 11.1 Å². The first-order valence-corrected chi connectivity index (χ1v) is 7.15. The molecule has 1 aliphatic carbocycles. The molecular formula is C16H22N2O3. The van der Waals surface area contributed by atoms with E-state index in [4.69, 9.17) is 10.5 Å². The first-order chi connectivity index (χ1) is 9.90. The molecule has 0 heterocycles. The fourth-order valence-electron chi connectivity index (χ4n) is 2.48. The van der Waals surface area contributed by atoms with E-state index in [1.165, 1.54) is 7.11 Å². The molecule has 1 aliphatic rings. The summed E-state index contributed by atoms with van der Waals surface area (Å²) in [5, 5.41) is 2.84. The van der Waals surface area contributed by atoms with Crippen molar-refractivity contribution in [3.63, 3.8) is 0 Å². The van der Waals surface area contributed by atoms with E-state index < -0.39 is 17.4 Å². The largest absolute Gasteiger partial charge is 0.467 e. The van der Waals surface area contributed by atoms with Crippen molar-refractivity contribution in [2.75, 3.05) is 12.8 Å². The van der Waals surface area contributed by atoms with Crippen molar-refractivity contribution in [3.8, 4) is 0 Å². The van der Waals surface area contributed by atoms with Gasteiger partial charge in [0.2, 0.25) is 5.91 Å². The van der Waals surface area contributed by atoms with Crippen LogP contribution in [0.25, 0.3) is 0 Å². The molecule has 1 amide bonds. The molecule has 0 saturated heterocycles. The maximum atomic E-state index is 12.6. The molecule has 0 aliphatic heterocycles. The number of rotatable bonds is 5. The topological polar surface area (TPSA) is 81.4 Å². The maximum Gasteiger partial charge on any atom is 0.328 e. The standard InChI is InChI=1S/C16H22N2O3/c1-10(2)13(14(19)21-3)18-15(20)16(8-9-16)11-4-6-12(17)7-5-11/h4-7,10,13H,8-9,17H2,1-3H3,(H,18,20)/t13-/m0/s1. The minimum atomic E-state index is -0.617. The molecule has 1 saturated carbocycles. The molecular weight excluding hydrogens is 268 g/mol. The highest BCUT2D eigenvalue weighted by Crippen LogP contribution is 2.48. The van der Waals surface area contributed by atoms with Crippen LogP contribution in [0.4, 0.5) is 5.69 Å². The third-order valence-electron chi connectivity index (χ3n) is 4.06. The molecule has 0 aromatic heterocycles. The summed E-state index contributed by atoms with van der Waals surface area (Å²) in [5.41, 5.74) is 6.78. The summed E-state index contributed by atoms with van der Waals surface area (Å²) in [7, 11) is 1.33. The molecule has 0 bridgehead atoms. The lowest BCUT2D eigenvalue weighted by Gasteiger charge is -2.23. The number of hydrogen-bond donors (Lipinski definition) is 2. The van der Waals surface area contributed by atoms with Crippen molar-refractivity contribution in [2.45, 2.75) is 38.1 Å². The second-order valence-electron chi connectivity index (χ2n) is 5.92. The molecule has 5 nitrogen and oxygen atoms in total. The van der Waals surface area contributed by atoms with Gasteiger partial charge in [-0.25, -0.2) is 4.79 Å². The van der Waals surface area contributed by atoms with E-state index in [1.54, 1.807) is 12.1 Å². The minimum absolute atomic E-state index is 0.0244. The van der Waals surface area contributed by atoms with Gasteiger partial charge in [0.1, 0.15) is 6.04 Å². The zero-order valence-corrected chi connectivity index (χ0v) is 12.7. The predicted octanol–water partition coefficient (Wildman–Crippen LogP) is 1.61. The molecule has 1 fully saturated rings. The number of carbonyl (C=O) groups is 2. The Kier molecular flexibility index (Phi) is 4.21. The Bertz CT molecular complexity index is 533. The second kappa shape index (κ2) is 5.76. The number of nitrogen functional groups attached to an aromatic ring is 1. The normalized spacial score (nSPS) is 17.1. The Morgan fingerprint density at radius 3 is 2.24 bits per heavy atom. The molecule has 0 spiro atoms. The first-order valence-electron chi connectivity index (χ1n) is 7.15.